The molecule has 194 valence electrons. The van der Waals surface area contributed by atoms with Gasteiger partial charge in [-0.05, 0) is 35.5 Å². The van der Waals surface area contributed by atoms with Crippen LogP contribution in [0.3, 0.4) is 0 Å². The molecule has 0 saturated carbocycles. The minimum Gasteiger partial charge on any atom is -0.343 e. The summed E-state index contributed by atoms with van der Waals surface area (Å²) in [4.78, 5) is 53.3. The van der Waals surface area contributed by atoms with Gasteiger partial charge in [-0.2, -0.15) is 29.5 Å². The zero-order valence-electron chi connectivity index (χ0n) is 20.2. The van der Waals surface area contributed by atoms with E-state index in [0.29, 0.717) is 5.75 Å². The summed E-state index contributed by atoms with van der Waals surface area (Å²) in [5.41, 5.74) is 13.3. The summed E-state index contributed by atoms with van der Waals surface area (Å²) in [6.45, 7) is 3.59. The van der Waals surface area contributed by atoms with Crippen LogP contribution in [0, 0.1) is 5.92 Å². The normalized spacial score (nSPS) is 17.8. The number of rotatable bonds is 10. The number of fused-ring (bicyclic) bond motifs is 1. The van der Waals surface area contributed by atoms with Crippen LogP contribution in [-0.4, -0.2) is 80.7 Å². The van der Waals surface area contributed by atoms with E-state index in [9.17, 15) is 24.4 Å². The van der Waals surface area contributed by atoms with Gasteiger partial charge in [0.15, 0.2) is 0 Å². The number of imide groups is 1. The van der Waals surface area contributed by atoms with Crippen molar-refractivity contribution in [1.29, 1.82) is 0 Å². The number of nitrogens with two attached hydrogens (primary N) is 2. The zero-order chi connectivity index (χ0) is 26.3. The molecule has 1 unspecified atom stereocenters. The van der Waals surface area contributed by atoms with Crippen molar-refractivity contribution < 1.29 is 24.4 Å². The lowest BCUT2D eigenvalue weighted by atomic mass is 9.91. The minimum atomic E-state index is -1.16. The van der Waals surface area contributed by atoms with Crippen LogP contribution in [0.25, 0.3) is 0 Å². The van der Waals surface area contributed by atoms with E-state index in [-0.39, 0.29) is 36.1 Å². The van der Waals surface area contributed by atoms with Crippen molar-refractivity contribution in [2.24, 2.45) is 17.4 Å². The highest BCUT2D eigenvalue weighted by atomic mass is 32.2. The molecule has 4 amide bonds. The van der Waals surface area contributed by atoms with Crippen LogP contribution in [0.2, 0.25) is 0 Å². The molecule has 10 nitrogen and oxygen atoms in total. The van der Waals surface area contributed by atoms with Crippen molar-refractivity contribution >= 4 is 48.0 Å². The van der Waals surface area contributed by atoms with E-state index < -0.39 is 47.8 Å². The molecule has 1 aromatic rings. The molecule has 0 fully saturated rings. The second kappa shape index (κ2) is 13.3. The number of carbonyl (C=O) groups is 4. The first-order valence-electron chi connectivity index (χ1n) is 11.4. The van der Waals surface area contributed by atoms with Gasteiger partial charge in [0.25, 0.3) is 11.8 Å². The summed E-state index contributed by atoms with van der Waals surface area (Å²) in [6.07, 6.45) is 2.24. The van der Waals surface area contributed by atoms with E-state index in [0.717, 1.165) is 11.1 Å². The summed E-state index contributed by atoms with van der Waals surface area (Å²) in [7, 11) is 0. The minimum absolute atomic E-state index is 0.0314. The average Bonchev–Trinajstić information content (AvgIpc) is 2.86. The number of amides is 4. The molecule has 2 rings (SSSR count). The number of hydrogen-bond donors (Lipinski definition) is 5. The van der Waals surface area contributed by atoms with Gasteiger partial charge in [0, 0.05) is 18.7 Å². The van der Waals surface area contributed by atoms with Crippen LogP contribution in [-0.2, 0) is 32.1 Å². The number of thioether (sulfide) groups is 1. The molecule has 1 heterocycles. The highest BCUT2D eigenvalue weighted by Gasteiger charge is 2.42. The molecular formula is C23H35N5O5S2. The quantitative estimate of drug-likeness (QED) is 0.164. The Hall–Kier alpha value is -2.12. The predicted molar refractivity (Wildman–Crippen MR) is 138 cm³/mol. The lowest BCUT2D eigenvalue weighted by Crippen LogP contribution is -2.61. The van der Waals surface area contributed by atoms with Gasteiger partial charge in [-0.1, -0.05) is 38.1 Å². The van der Waals surface area contributed by atoms with Crippen molar-refractivity contribution in [1.82, 2.24) is 15.3 Å². The highest BCUT2D eigenvalue weighted by molar-refractivity contribution is 7.98. The zero-order valence-corrected chi connectivity index (χ0v) is 21.9. The third kappa shape index (κ3) is 7.20. The Morgan fingerprint density at radius 2 is 1.83 bits per heavy atom. The van der Waals surface area contributed by atoms with Gasteiger partial charge < -0.3 is 21.7 Å². The maximum Gasteiger partial charge on any atom is 0.276 e. The summed E-state index contributed by atoms with van der Waals surface area (Å²) < 4.78 is 0. The van der Waals surface area contributed by atoms with Crippen LogP contribution in [0.15, 0.2) is 24.3 Å². The SMILES string of the molecule is CSCC[C@@H](N)C(=O)N(O)C(=O)C1Cc2ccccc2CN1C(=O)[C@@H](NC(=O)[C@@H](N)CS)C(C)C. The van der Waals surface area contributed by atoms with Crippen LogP contribution >= 0.6 is 24.4 Å². The first-order valence-corrected chi connectivity index (χ1v) is 13.4. The van der Waals surface area contributed by atoms with Gasteiger partial charge in [0.1, 0.15) is 12.1 Å². The van der Waals surface area contributed by atoms with Crippen LogP contribution in [0.4, 0.5) is 0 Å². The highest BCUT2D eigenvalue weighted by Crippen LogP contribution is 2.26. The maximum atomic E-state index is 13.7. The fourth-order valence-corrected chi connectivity index (χ4v) is 4.44. The fraction of sp³-hybridized carbons (Fsp3) is 0.565. The number of nitrogens with one attached hydrogen (secondary N) is 1. The first-order chi connectivity index (χ1) is 16.5. The van der Waals surface area contributed by atoms with Crippen LogP contribution in [0.1, 0.15) is 31.4 Å². The molecular weight excluding hydrogens is 490 g/mol. The molecule has 0 saturated heterocycles. The molecule has 0 spiro atoms. The topological polar surface area (TPSA) is 159 Å². The second-order valence-electron chi connectivity index (χ2n) is 8.85. The predicted octanol–water partition coefficient (Wildman–Crippen LogP) is 0.163. The monoisotopic (exact) mass is 525 g/mol. The molecule has 4 atom stereocenters. The van der Waals surface area contributed by atoms with E-state index in [2.05, 4.69) is 17.9 Å². The van der Waals surface area contributed by atoms with E-state index >= 15 is 0 Å². The molecule has 12 heteroatoms. The van der Waals surface area contributed by atoms with Gasteiger partial charge in [0.2, 0.25) is 11.8 Å². The van der Waals surface area contributed by atoms with Crippen LogP contribution in [0.5, 0.6) is 0 Å². The lowest BCUT2D eigenvalue weighted by Gasteiger charge is -2.39. The van der Waals surface area contributed by atoms with Crippen molar-refractivity contribution in [3.8, 4) is 0 Å². The maximum absolute atomic E-state index is 13.7. The Kier molecular flexibility index (Phi) is 11.0. The number of hydrogen-bond acceptors (Lipinski definition) is 9. The van der Waals surface area contributed by atoms with Gasteiger partial charge >= 0.3 is 0 Å². The largest absolute Gasteiger partial charge is 0.343 e. The molecule has 35 heavy (non-hydrogen) atoms. The lowest BCUT2D eigenvalue weighted by molar-refractivity contribution is -0.185. The number of thiol groups is 1. The van der Waals surface area contributed by atoms with Crippen molar-refractivity contribution in [2.75, 3.05) is 17.8 Å². The Balaban J connectivity index is 2.36. The molecule has 1 aliphatic heterocycles. The number of benzene rings is 1. The number of hydroxylamine groups is 2. The van der Waals surface area contributed by atoms with Crippen molar-refractivity contribution in [3.63, 3.8) is 0 Å². The van der Waals surface area contributed by atoms with Gasteiger partial charge in [-0.15, -0.1) is 0 Å². The van der Waals surface area contributed by atoms with E-state index in [1.807, 2.05) is 30.5 Å². The Bertz CT molecular complexity index is 931. The third-order valence-corrected chi connectivity index (χ3v) is 6.99. The summed E-state index contributed by atoms with van der Waals surface area (Å²) >= 11 is 5.52. The van der Waals surface area contributed by atoms with Crippen molar-refractivity contribution in [2.45, 2.75) is 57.4 Å². The number of carbonyl (C=O) groups excluding carboxylic acids is 4. The van der Waals surface area contributed by atoms with Gasteiger partial charge in [-0.25, -0.2) is 0 Å². The van der Waals surface area contributed by atoms with Gasteiger partial charge in [0.05, 0.1) is 12.1 Å². The number of nitrogens with zero attached hydrogens (tertiary/aromatic N) is 2. The van der Waals surface area contributed by atoms with Crippen LogP contribution < -0.4 is 16.8 Å². The second-order valence-corrected chi connectivity index (χ2v) is 10.2. The first kappa shape index (κ1) is 29.1. The molecule has 0 bridgehead atoms. The Morgan fingerprint density at radius 1 is 1.20 bits per heavy atom. The average molecular weight is 526 g/mol. The summed E-state index contributed by atoms with van der Waals surface area (Å²) in [5.74, 6) is -2.56. The molecule has 1 aliphatic rings. The smallest absolute Gasteiger partial charge is 0.276 e. The summed E-state index contributed by atoms with van der Waals surface area (Å²) in [6, 6.07) is 3.23. The molecule has 0 aromatic heterocycles. The summed E-state index contributed by atoms with van der Waals surface area (Å²) in [5, 5.41) is 13.2. The molecule has 0 aliphatic carbocycles. The van der Waals surface area contributed by atoms with E-state index in [1.54, 1.807) is 13.8 Å². The van der Waals surface area contributed by atoms with E-state index in [1.165, 1.54) is 16.7 Å². The Morgan fingerprint density at radius 3 is 2.40 bits per heavy atom. The third-order valence-electron chi connectivity index (χ3n) is 5.95. The molecule has 1 aromatic carbocycles. The Labute approximate surface area is 215 Å². The fourth-order valence-electron chi connectivity index (χ4n) is 3.79. The standard InChI is InChI=1S/C23H35N5O5S2/c1-13(2)19(26-20(29)17(25)12-34)23(32)27-11-15-7-5-4-6-14(15)10-18(27)22(31)28(33)21(30)16(24)8-9-35-3/h4-7,13,16-19,33-34H,8-12,24-25H2,1-3H3,(H,26,29)/t16-,17+,18?,19+/m1/s1. The van der Waals surface area contributed by atoms with Gasteiger partial charge in [-0.3, -0.25) is 24.4 Å². The molecule has 6 N–H and O–H groups in total. The van der Waals surface area contributed by atoms with Crippen molar-refractivity contribution in [3.05, 3.63) is 35.4 Å². The van der Waals surface area contributed by atoms with E-state index in [4.69, 9.17) is 11.5 Å². The molecule has 0 radical (unpaired) electrons.